The second kappa shape index (κ2) is 6.83. The molecule has 1 saturated heterocycles. The van der Waals surface area contributed by atoms with Crippen molar-refractivity contribution < 1.29 is 9.53 Å². The number of ether oxygens (including phenoxy) is 1. The fraction of sp³-hybridized carbons (Fsp3) is 0.625. The smallest absolute Gasteiger partial charge is 0.346 e. The molecule has 134 valence electrons. The van der Waals surface area contributed by atoms with Gasteiger partial charge in [-0.3, -0.25) is 9.36 Å². The highest BCUT2D eigenvalue weighted by Crippen LogP contribution is 2.22. The van der Waals surface area contributed by atoms with E-state index in [0.717, 1.165) is 44.5 Å². The Balaban J connectivity index is 1.46. The van der Waals surface area contributed by atoms with Crippen LogP contribution in [0.2, 0.25) is 0 Å². The van der Waals surface area contributed by atoms with Gasteiger partial charge in [-0.15, -0.1) is 0 Å². The van der Waals surface area contributed by atoms with E-state index in [1.54, 1.807) is 21.5 Å². The number of hydrogen-bond donors (Lipinski definition) is 1. The number of nitrogens with one attached hydrogen (secondary N) is 1. The molecule has 0 saturated carbocycles. The molecule has 1 amide bonds. The second-order valence-electron chi connectivity index (χ2n) is 6.55. The van der Waals surface area contributed by atoms with Gasteiger partial charge in [0.15, 0.2) is 0 Å². The molecule has 1 N–H and O–H groups in total. The fourth-order valence-electron chi connectivity index (χ4n) is 3.49. The maximum absolute atomic E-state index is 12.4. The molecule has 2 aliphatic rings. The van der Waals surface area contributed by atoms with Crippen LogP contribution in [-0.4, -0.2) is 43.2 Å². The summed E-state index contributed by atoms with van der Waals surface area (Å²) in [6, 6.07) is 1.88. The number of amides is 1. The SMILES string of the molecule is O=C(Cn1nc2n(c1=O)CCCC2)Nc1ccnn1C1CCCOC1. The van der Waals surface area contributed by atoms with Crippen molar-refractivity contribution in [2.24, 2.45) is 0 Å². The lowest BCUT2D eigenvalue weighted by Gasteiger charge is -2.24. The fourth-order valence-corrected chi connectivity index (χ4v) is 3.49. The van der Waals surface area contributed by atoms with E-state index in [-0.39, 0.29) is 24.2 Å². The first-order chi connectivity index (χ1) is 12.2. The van der Waals surface area contributed by atoms with Crippen LogP contribution in [0.3, 0.4) is 0 Å². The molecule has 0 radical (unpaired) electrons. The van der Waals surface area contributed by atoms with Crippen LogP contribution in [0.5, 0.6) is 0 Å². The number of hydrogen-bond acceptors (Lipinski definition) is 5. The lowest BCUT2D eigenvalue weighted by Crippen LogP contribution is -2.31. The van der Waals surface area contributed by atoms with Crippen molar-refractivity contribution in [3.05, 3.63) is 28.6 Å². The van der Waals surface area contributed by atoms with Crippen LogP contribution in [-0.2, 0) is 29.0 Å². The van der Waals surface area contributed by atoms with Crippen LogP contribution < -0.4 is 11.0 Å². The molecule has 2 aliphatic heterocycles. The molecule has 1 fully saturated rings. The third kappa shape index (κ3) is 3.23. The summed E-state index contributed by atoms with van der Waals surface area (Å²) >= 11 is 0. The van der Waals surface area contributed by atoms with E-state index in [1.165, 1.54) is 4.68 Å². The molecule has 0 spiro atoms. The molecule has 1 unspecified atom stereocenters. The summed E-state index contributed by atoms with van der Waals surface area (Å²) in [6.07, 6.45) is 6.41. The van der Waals surface area contributed by atoms with Crippen LogP contribution in [0, 0.1) is 0 Å². The van der Waals surface area contributed by atoms with Crippen LogP contribution in [0.15, 0.2) is 17.1 Å². The summed E-state index contributed by atoms with van der Waals surface area (Å²) in [5.74, 6) is 1.11. The summed E-state index contributed by atoms with van der Waals surface area (Å²) in [6.45, 7) is 1.96. The van der Waals surface area contributed by atoms with Gasteiger partial charge in [0, 0.05) is 25.6 Å². The summed E-state index contributed by atoms with van der Waals surface area (Å²) in [7, 11) is 0. The molecular formula is C16H22N6O3. The summed E-state index contributed by atoms with van der Waals surface area (Å²) in [5, 5.41) is 11.4. The van der Waals surface area contributed by atoms with E-state index >= 15 is 0 Å². The third-order valence-corrected chi connectivity index (χ3v) is 4.74. The number of carbonyl (C=O) groups is 1. The van der Waals surface area contributed by atoms with Crippen LogP contribution in [0.25, 0.3) is 0 Å². The first kappa shape index (κ1) is 16.1. The average molecular weight is 346 g/mol. The normalized spacial score (nSPS) is 20.2. The van der Waals surface area contributed by atoms with Gasteiger partial charge in [0.2, 0.25) is 5.91 Å². The van der Waals surface area contributed by atoms with E-state index in [9.17, 15) is 9.59 Å². The molecule has 2 aromatic heterocycles. The zero-order chi connectivity index (χ0) is 17.2. The molecule has 0 bridgehead atoms. The molecule has 0 aromatic carbocycles. The van der Waals surface area contributed by atoms with Gasteiger partial charge in [-0.25, -0.2) is 14.2 Å². The van der Waals surface area contributed by atoms with Gasteiger partial charge < -0.3 is 10.1 Å². The zero-order valence-corrected chi connectivity index (χ0v) is 14.1. The molecule has 9 nitrogen and oxygen atoms in total. The highest BCUT2D eigenvalue weighted by molar-refractivity contribution is 5.89. The monoisotopic (exact) mass is 346 g/mol. The number of fused-ring (bicyclic) bond motifs is 1. The second-order valence-corrected chi connectivity index (χ2v) is 6.55. The zero-order valence-electron chi connectivity index (χ0n) is 14.1. The van der Waals surface area contributed by atoms with Gasteiger partial charge in [-0.05, 0) is 25.7 Å². The van der Waals surface area contributed by atoms with Gasteiger partial charge in [-0.1, -0.05) is 0 Å². The lowest BCUT2D eigenvalue weighted by molar-refractivity contribution is -0.117. The highest BCUT2D eigenvalue weighted by atomic mass is 16.5. The van der Waals surface area contributed by atoms with Gasteiger partial charge in [0.25, 0.3) is 0 Å². The van der Waals surface area contributed by atoms with Gasteiger partial charge >= 0.3 is 5.69 Å². The van der Waals surface area contributed by atoms with Gasteiger partial charge in [0.05, 0.1) is 18.8 Å². The number of carbonyl (C=O) groups excluding carboxylic acids is 1. The Morgan fingerprint density at radius 2 is 2.28 bits per heavy atom. The molecule has 1 atom stereocenters. The van der Waals surface area contributed by atoms with E-state index in [2.05, 4.69) is 15.5 Å². The lowest BCUT2D eigenvalue weighted by atomic mass is 10.1. The Labute approximate surface area is 144 Å². The predicted octanol–water partition coefficient (Wildman–Crippen LogP) is 0.568. The van der Waals surface area contributed by atoms with E-state index in [4.69, 9.17) is 4.74 Å². The predicted molar refractivity (Wildman–Crippen MR) is 89.4 cm³/mol. The largest absolute Gasteiger partial charge is 0.379 e. The Morgan fingerprint density at radius 1 is 1.36 bits per heavy atom. The van der Waals surface area contributed by atoms with Crippen molar-refractivity contribution in [2.75, 3.05) is 18.5 Å². The Bertz CT molecular complexity index is 814. The summed E-state index contributed by atoms with van der Waals surface area (Å²) in [5.41, 5.74) is -0.209. The van der Waals surface area contributed by atoms with Crippen molar-refractivity contribution in [3.8, 4) is 0 Å². The number of nitrogens with zero attached hydrogens (tertiary/aromatic N) is 5. The van der Waals surface area contributed by atoms with E-state index < -0.39 is 0 Å². The van der Waals surface area contributed by atoms with Gasteiger partial charge in [-0.2, -0.15) is 10.2 Å². The quantitative estimate of drug-likeness (QED) is 0.873. The molecule has 0 aliphatic carbocycles. The van der Waals surface area contributed by atoms with Crippen molar-refractivity contribution in [2.45, 2.75) is 51.2 Å². The Morgan fingerprint density at radius 3 is 3.08 bits per heavy atom. The van der Waals surface area contributed by atoms with Gasteiger partial charge in [0.1, 0.15) is 18.2 Å². The minimum atomic E-state index is -0.281. The average Bonchev–Trinajstić information content (AvgIpc) is 3.21. The summed E-state index contributed by atoms with van der Waals surface area (Å²) < 4.78 is 10.2. The molecule has 4 rings (SSSR count). The van der Waals surface area contributed by atoms with Crippen LogP contribution in [0.4, 0.5) is 5.82 Å². The maximum atomic E-state index is 12.4. The van der Waals surface area contributed by atoms with E-state index in [0.29, 0.717) is 19.0 Å². The number of rotatable bonds is 4. The highest BCUT2D eigenvalue weighted by Gasteiger charge is 2.21. The van der Waals surface area contributed by atoms with Crippen molar-refractivity contribution in [3.63, 3.8) is 0 Å². The molecule has 2 aromatic rings. The number of aromatic nitrogens is 5. The first-order valence-corrected chi connectivity index (χ1v) is 8.80. The molecule has 25 heavy (non-hydrogen) atoms. The number of anilines is 1. The van der Waals surface area contributed by atoms with Crippen LogP contribution >= 0.6 is 0 Å². The first-order valence-electron chi connectivity index (χ1n) is 8.80. The van der Waals surface area contributed by atoms with Crippen molar-refractivity contribution in [1.29, 1.82) is 0 Å². The topological polar surface area (TPSA) is 96.0 Å². The summed E-state index contributed by atoms with van der Waals surface area (Å²) in [4.78, 5) is 24.7. The van der Waals surface area contributed by atoms with E-state index in [1.807, 2.05) is 0 Å². The standard InChI is InChI=1S/C16H22N6O3/c23-15(10-21-16(24)20-8-2-1-5-14(20)19-21)18-13-6-7-17-22(13)12-4-3-9-25-11-12/h6-7,12H,1-5,8-11H2,(H,18,23). The molecular weight excluding hydrogens is 324 g/mol. The molecule has 4 heterocycles. The van der Waals surface area contributed by atoms with Crippen LogP contribution in [0.1, 0.15) is 37.5 Å². The minimum absolute atomic E-state index is 0.0921. The van der Waals surface area contributed by atoms with Crippen molar-refractivity contribution >= 4 is 11.7 Å². The number of aryl methyl sites for hydroxylation is 1. The minimum Gasteiger partial charge on any atom is -0.379 e. The molecule has 9 heteroatoms. The van der Waals surface area contributed by atoms with Crippen molar-refractivity contribution in [1.82, 2.24) is 24.1 Å². The Kier molecular flexibility index (Phi) is 4.39. The Hall–Kier alpha value is -2.42. The maximum Gasteiger partial charge on any atom is 0.346 e. The third-order valence-electron chi connectivity index (χ3n) is 4.74.